The summed E-state index contributed by atoms with van der Waals surface area (Å²) in [7, 11) is 0. The van der Waals surface area contributed by atoms with Crippen molar-refractivity contribution in [1.82, 2.24) is 20.0 Å². The Kier molecular flexibility index (Phi) is 4.15. The minimum absolute atomic E-state index is 0.105. The summed E-state index contributed by atoms with van der Waals surface area (Å²) in [6, 6.07) is 3.74. The zero-order chi connectivity index (χ0) is 16.4. The van der Waals surface area contributed by atoms with E-state index in [1.165, 1.54) is 0 Å². The number of amides is 1. The highest BCUT2D eigenvalue weighted by Gasteiger charge is 2.33. The third kappa shape index (κ3) is 3.41. The largest absolute Gasteiger partial charge is 0.341 e. The van der Waals surface area contributed by atoms with Gasteiger partial charge >= 0.3 is 0 Å². The first-order valence-electron chi connectivity index (χ1n) is 7.98. The Bertz CT molecular complexity index is 675. The van der Waals surface area contributed by atoms with E-state index in [-0.39, 0.29) is 17.2 Å². The molecule has 1 fully saturated rings. The van der Waals surface area contributed by atoms with E-state index >= 15 is 0 Å². The fourth-order valence-electron chi connectivity index (χ4n) is 2.85. The van der Waals surface area contributed by atoms with E-state index in [4.69, 9.17) is 4.52 Å². The number of hydrogen-bond acceptors (Lipinski definition) is 5. The molecular weight excluding hydrogens is 292 g/mol. The average Bonchev–Trinajstić information content (AvgIpc) is 3.04. The first-order chi connectivity index (χ1) is 10.9. The van der Waals surface area contributed by atoms with Crippen LogP contribution in [0.5, 0.6) is 0 Å². The van der Waals surface area contributed by atoms with Crippen LogP contribution in [0.1, 0.15) is 45.4 Å². The lowest BCUT2D eigenvalue weighted by molar-refractivity contribution is -0.140. The number of rotatable bonds is 2. The second kappa shape index (κ2) is 6.10. The summed E-state index contributed by atoms with van der Waals surface area (Å²) in [6.45, 7) is 7.30. The van der Waals surface area contributed by atoms with Crippen LogP contribution in [0.2, 0.25) is 0 Å². The first kappa shape index (κ1) is 15.6. The Hall–Kier alpha value is -2.24. The Balaban J connectivity index is 1.75. The summed E-state index contributed by atoms with van der Waals surface area (Å²) >= 11 is 0. The summed E-state index contributed by atoms with van der Waals surface area (Å²) in [6.07, 6.45) is 5.34. The van der Waals surface area contributed by atoms with Gasteiger partial charge in [0.25, 0.3) is 0 Å². The molecule has 0 N–H and O–H groups in total. The van der Waals surface area contributed by atoms with Gasteiger partial charge in [0.05, 0.1) is 5.92 Å². The summed E-state index contributed by atoms with van der Waals surface area (Å²) in [5.74, 6) is 1.44. The molecule has 0 radical (unpaired) electrons. The Morgan fingerprint density at radius 2 is 2.22 bits per heavy atom. The average molecular weight is 314 g/mol. The van der Waals surface area contributed by atoms with Crippen molar-refractivity contribution in [3.63, 3.8) is 0 Å². The summed E-state index contributed by atoms with van der Waals surface area (Å²) in [5.41, 5.74) is 0.471. The van der Waals surface area contributed by atoms with Crippen LogP contribution in [0.3, 0.4) is 0 Å². The number of nitrogens with zero attached hydrogens (tertiary/aromatic N) is 4. The van der Waals surface area contributed by atoms with Crippen LogP contribution in [0, 0.1) is 5.41 Å². The van der Waals surface area contributed by atoms with E-state index in [0.29, 0.717) is 18.3 Å². The van der Waals surface area contributed by atoms with Gasteiger partial charge in [0.15, 0.2) is 0 Å². The van der Waals surface area contributed by atoms with Crippen LogP contribution in [0.15, 0.2) is 29.0 Å². The summed E-state index contributed by atoms with van der Waals surface area (Å²) in [4.78, 5) is 23.0. The maximum absolute atomic E-state index is 12.5. The number of hydrogen-bond donors (Lipinski definition) is 0. The molecule has 1 aliphatic heterocycles. The Morgan fingerprint density at radius 3 is 2.91 bits per heavy atom. The standard InChI is InChI=1S/C17H22N4O2/c1-17(2,3)16(22)21-9-5-7-13(11-21)15-19-14(20-23-15)12-6-4-8-18-10-12/h4,6,8,10,13H,5,7,9,11H2,1-3H3. The molecule has 122 valence electrons. The monoisotopic (exact) mass is 314 g/mol. The zero-order valence-electron chi connectivity index (χ0n) is 13.8. The fraction of sp³-hybridized carbons (Fsp3) is 0.529. The molecule has 6 nitrogen and oxygen atoms in total. The van der Waals surface area contributed by atoms with Gasteiger partial charge < -0.3 is 9.42 Å². The van der Waals surface area contributed by atoms with Crippen LogP contribution < -0.4 is 0 Å². The van der Waals surface area contributed by atoms with Gasteiger partial charge in [-0.2, -0.15) is 4.98 Å². The van der Waals surface area contributed by atoms with Crippen molar-refractivity contribution in [3.05, 3.63) is 30.4 Å². The van der Waals surface area contributed by atoms with Crippen LogP contribution in [-0.4, -0.2) is 39.0 Å². The van der Waals surface area contributed by atoms with E-state index in [1.807, 2.05) is 37.8 Å². The van der Waals surface area contributed by atoms with Crippen LogP contribution in [-0.2, 0) is 4.79 Å². The summed E-state index contributed by atoms with van der Waals surface area (Å²) < 4.78 is 5.45. The lowest BCUT2D eigenvalue weighted by atomic mass is 9.91. The molecule has 0 bridgehead atoms. The Morgan fingerprint density at radius 1 is 1.39 bits per heavy atom. The predicted octanol–water partition coefficient (Wildman–Crippen LogP) is 2.88. The van der Waals surface area contributed by atoms with Gasteiger partial charge in [0.2, 0.25) is 17.6 Å². The SMILES string of the molecule is CC(C)(C)C(=O)N1CCCC(c2nc(-c3cccnc3)no2)C1. The molecule has 1 amide bonds. The van der Waals surface area contributed by atoms with Crippen molar-refractivity contribution in [2.24, 2.45) is 5.41 Å². The molecule has 0 aliphatic carbocycles. The molecule has 1 saturated heterocycles. The number of carbonyl (C=O) groups is 1. The van der Waals surface area contributed by atoms with Gasteiger partial charge in [-0.1, -0.05) is 25.9 Å². The molecular formula is C17H22N4O2. The minimum atomic E-state index is -0.363. The quantitative estimate of drug-likeness (QED) is 0.852. The predicted molar refractivity (Wildman–Crippen MR) is 85.5 cm³/mol. The molecule has 2 aromatic rings. The second-order valence-corrected chi connectivity index (χ2v) is 7.04. The molecule has 3 heterocycles. The van der Waals surface area contributed by atoms with E-state index < -0.39 is 0 Å². The van der Waals surface area contributed by atoms with E-state index in [2.05, 4.69) is 15.1 Å². The number of likely N-dealkylation sites (tertiary alicyclic amines) is 1. The second-order valence-electron chi connectivity index (χ2n) is 7.04. The number of aromatic nitrogens is 3. The maximum atomic E-state index is 12.5. The molecule has 1 unspecified atom stereocenters. The van der Waals surface area contributed by atoms with Gasteiger partial charge in [0.1, 0.15) is 0 Å². The minimum Gasteiger partial charge on any atom is -0.341 e. The lowest BCUT2D eigenvalue weighted by Crippen LogP contribution is -2.44. The van der Waals surface area contributed by atoms with Gasteiger partial charge in [-0.25, -0.2) is 0 Å². The highest BCUT2D eigenvalue weighted by atomic mass is 16.5. The molecule has 0 aromatic carbocycles. The number of piperidine rings is 1. The Labute approximate surface area is 135 Å². The smallest absolute Gasteiger partial charge is 0.231 e. The molecule has 0 spiro atoms. The maximum Gasteiger partial charge on any atom is 0.231 e. The molecule has 0 saturated carbocycles. The van der Waals surface area contributed by atoms with Gasteiger partial charge in [-0.3, -0.25) is 9.78 Å². The zero-order valence-corrected chi connectivity index (χ0v) is 13.8. The van der Waals surface area contributed by atoms with Crippen LogP contribution in [0.25, 0.3) is 11.4 Å². The topological polar surface area (TPSA) is 72.1 Å². The van der Waals surface area contributed by atoms with E-state index in [9.17, 15) is 4.79 Å². The highest BCUT2D eigenvalue weighted by molar-refractivity contribution is 5.81. The third-order valence-corrected chi connectivity index (χ3v) is 4.06. The normalized spacial score (nSPS) is 18.9. The van der Waals surface area contributed by atoms with Crippen LogP contribution >= 0.6 is 0 Å². The molecule has 23 heavy (non-hydrogen) atoms. The van der Waals surface area contributed by atoms with Crippen molar-refractivity contribution < 1.29 is 9.32 Å². The lowest BCUT2D eigenvalue weighted by Gasteiger charge is -2.35. The molecule has 2 aromatic heterocycles. The summed E-state index contributed by atoms with van der Waals surface area (Å²) in [5, 5.41) is 4.05. The van der Waals surface area contributed by atoms with E-state index in [1.54, 1.807) is 12.4 Å². The third-order valence-electron chi connectivity index (χ3n) is 4.06. The van der Waals surface area contributed by atoms with Crippen molar-refractivity contribution in [1.29, 1.82) is 0 Å². The van der Waals surface area contributed by atoms with E-state index in [0.717, 1.165) is 24.9 Å². The molecule has 1 aliphatic rings. The number of pyridine rings is 1. The molecule has 6 heteroatoms. The number of carbonyl (C=O) groups excluding carboxylic acids is 1. The first-order valence-corrected chi connectivity index (χ1v) is 7.98. The molecule has 3 rings (SSSR count). The van der Waals surface area contributed by atoms with Crippen molar-refractivity contribution in [2.75, 3.05) is 13.1 Å². The van der Waals surface area contributed by atoms with Gasteiger partial charge in [-0.15, -0.1) is 0 Å². The highest BCUT2D eigenvalue weighted by Crippen LogP contribution is 2.29. The molecule has 1 atom stereocenters. The van der Waals surface area contributed by atoms with Crippen molar-refractivity contribution in [3.8, 4) is 11.4 Å². The fourth-order valence-corrected chi connectivity index (χ4v) is 2.85. The van der Waals surface area contributed by atoms with Crippen molar-refractivity contribution >= 4 is 5.91 Å². The van der Waals surface area contributed by atoms with Crippen LogP contribution in [0.4, 0.5) is 0 Å². The van der Waals surface area contributed by atoms with Crippen molar-refractivity contribution in [2.45, 2.75) is 39.5 Å². The van der Waals surface area contributed by atoms with Gasteiger partial charge in [-0.05, 0) is 25.0 Å². The van der Waals surface area contributed by atoms with Gasteiger partial charge in [0, 0.05) is 36.5 Å².